The lowest BCUT2D eigenvalue weighted by Gasteiger charge is -2.41. The number of nitrogens with zero attached hydrogens (tertiary/aromatic N) is 1. The average molecular weight is 270 g/mol. The maximum atomic E-state index is 6.41. The van der Waals surface area contributed by atoms with Gasteiger partial charge >= 0.3 is 0 Å². The van der Waals surface area contributed by atoms with Crippen molar-refractivity contribution in [2.75, 3.05) is 0 Å². The maximum Gasteiger partial charge on any atom is 0.129 e. The largest absolute Gasteiger partial charge is 0.488 e. The Morgan fingerprint density at radius 3 is 2.95 bits per heavy atom. The summed E-state index contributed by atoms with van der Waals surface area (Å²) in [6, 6.07) is 10.1. The summed E-state index contributed by atoms with van der Waals surface area (Å²) in [5.41, 5.74) is 7.52. The molecule has 0 spiro atoms. The van der Waals surface area contributed by atoms with E-state index >= 15 is 0 Å². The van der Waals surface area contributed by atoms with Crippen molar-refractivity contribution >= 4 is 10.9 Å². The zero-order valence-corrected chi connectivity index (χ0v) is 12.2. The van der Waals surface area contributed by atoms with Crippen molar-refractivity contribution in [1.29, 1.82) is 0 Å². The van der Waals surface area contributed by atoms with Crippen molar-refractivity contribution in [1.82, 2.24) is 4.98 Å². The minimum Gasteiger partial charge on any atom is -0.488 e. The number of ether oxygens (including phenoxy) is 1. The van der Waals surface area contributed by atoms with Crippen LogP contribution in [0, 0.1) is 5.41 Å². The lowest BCUT2D eigenvalue weighted by Crippen LogP contribution is -2.51. The maximum absolute atomic E-state index is 6.41. The van der Waals surface area contributed by atoms with Crippen molar-refractivity contribution < 1.29 is 4.74 Å². The van der Waals surface area contributed by atoms with E-state index in [0.717, 1.165) is 23.1 Å². The summed E-state index contributed by atoms with van der Waals surface area (Å²) in [7, 11) is 0. The first-order valence-electron chi connectivity index (χ1n) is 7.34. The number of fused-ring (bicyclic) bond motifs is 1. The van der Waals surface area contributed by atoms with E-state index in [9.17, 15) is 0 Å². The summed E-state index contributed by atoms with van der Waals surface area (Å²) in [4.78, 5) is 4.37. The Kier molecular flexibility index (Phi) is 3.38. The molecule has 1 aliphatic rings. The highest BCUT2D eigenvalue weighted by Gasteiger charge is 2.37. The second-order valence-corrected chi connectivity index (χ2v) is 6.39. The van der Waals surface area contributed by atoms with Gasteiger partial charge in [-0.1, -0.05) is 19.9 Å². The predicted molar refractivity (Wildman–Crippen MR) is 81.8 cm³/mol. The zero-order valence-electron chi connectivity index (χ0n) is 12.2. The molecule has 3 rings (SSSR count). The van der Waals surface area contributed by atoms with Gasteiger partial charge in [0, 0.05) is 17.6 Å². The van der Waals surface area contributed by atoms with Gasteiger partial charge in [0.2, 0.25) is 0 Å². The third-order valence-corrected chi connectivity index (χ3v) is 4.50. The summed E-state index contributed by atoms with van der Waals surface area (Å²) in [6.45, 7) is 4.47. The number of hydrogen-bond donors (Lipinski definition) is 1. The van der Waals surface area contributed by atoms with Gasteiger partial charge in [-0.15, -0.1) is 0 Å². The lowest BCUT2D eigenvalue weighted by molar-refractivity contribution is 0.0578. The van der Waals surface area contributed by atoms with Gasteiger partial charge in [-0.2, -0.15) is 0 Å². The van der Waals surface area contributed by atoms with Crippen molar-refractivity contribution in [3.63, 3.8) is 0 Å². The Hall–Kier alpha value is -1.61. The molecule has 0 bridgehead atoms. The standard InChI is InChI=1S/C17H22N2O/c1-17(2)10-4-9-15(16(17)18)20-14-8-3-7-13-12(14)6-5-11-19-13/h3,5-8,11,15-16H,4,9-10,18H2,1-2H3. The molecule has 1 saturated carbocycles. The van der Waals surface area contributed by atoms with Gasteiger partial charge in [-0.05, 0) is 48.9 Å². The van der Waals surface area contributed by atoms with Gasteiger partial charge in [0.05, 0.1) is 5.52 Å². The zero-order chi connectivity index (χ0) is 14.2. The lowest BCUT2D eigenvalue weighted by atomic mass is 9.72. The van der Waals surface area contributed by atoms with Crippen LogP contribution in [0.25, 0.3) is 10.9 Å². The SMILES string of the molecule is CC1(C)CCCC(Oc2cccc3ncccc23)C1N. The van der Waals surface area contributed by atoms with E-state index in [1.807, 2.05) is 30.5 Å². The molecular formula is C17H22N2O. The van der Waals surface area contributed by atoms with E-state index in [-0.39, 0.29) is 17.6 Å². The number of benzene rings is 1. The molecule has 1 aliphatic carbocycles. The van der Waals surface area contributed by atoms with Crippen molar-refractivity contribution in [3.8, 4) is 5.75 Å². The molecular weight excluding hydrogens is 248 g/mol. The summed E-state index contributed by atoms with van der Waals surface area (Å²) in [5, 5.41) is 1.06. The van der Waals surface area contributed by atoms with Crippen LogP contribution in [0.5, 0.6) is 5.75 Å². The minimum absolute atomic E-state index is 0.0724. The highest BCUT2D eigenvalue weighted by atomic mass is 16.5. The second kappa shape index (κ2) is 5.06. The van der Waals surface area contributed by atoms with E-state index in [1.165, 1.54) is 12.8 Å². The molecule has 0 radical (unpaired) electrons. The van der Waals surface area contributed by atoms with Crippen molar-refractivity contribution in [2.24, 2.45) is 11.1 Å². The molecule has 1 aromatic heterocycles. The fourth-order valence-electron chi connectivity index (χ4n) is 3.08. The first-order chi connectivity index (χ1) is 9.58. The first kappa shape index (κ1) is 13.4. The summed E-state index contributed by atoms with van der Waals surface area (Å²) < 4.78 is 6.25. The van der Waals surface area contributed by atoms with Gasteiger partial charge in [0.1, 0.15) is 11.9 Å². The second-order valence-electron chi connectivity index (χ2n) is 6.39. The molecule has 1 fully saturated rings. The number of rotatable bonds is 2. The molecule has 2 aromatic rings. The molecule has 1 aromatic carbocycles. The predicted octanol–water partition coefficient (Wildman–Crippen LogP) is 3.52. The Morgan fingerprint density at radius 2 is 2.10 bits per heavy atom. The summed E-state index contributed by atoms with van der Waals surface area (Å²) in [5.74, 6) is 0.897. The van der Waals surface area contributed by atoms with E-state index in [1.54, 1.807) is 0 Å². The van der Waals surface area contributed by atoms with Gasteiger partial charge in [-0.3, -0.25) is 4.98 Å². The van der Waals surface area contributed by atoms with Gasteiger partial charge in [-0.25, -0.2) is 0 Å². The Morgan fingerprint density at radius 1 is 1.25 bits per heavy atom. The Balaban J connectivity index is 1.90. The van der Waals surface area contributed by atoms with Crippen LogP contribution in [0.4, 0.5) is 0 Å². The minimum atomic E-state index is 0.0724. The van der Waals surface area contributed by atoms with Crippen molar-refractivity contribution in [2.45, 2.75) is 45.3 Å². The number of nitrogens with two attached hydrogens (primary N) is 1. The van der Waals surface area contributed by atoms with Gasteiger partial charge in [0.25, 0.3) is 0 Å². The average Bonchev–Trinajstić information content (AvgIpc) is 2.44. The molecule has 3 heteroatoms. The van der Waals surface area contributed by atoms with Crippen LogP contribution < -0.4 is 10.5 Å². The van der Waals surface area contributed by atoms with Crippen LogP contribution in [0.15, 0.2) is 36.5 Å². The van der Waals surface area contributed by atoms with E-state index < -0.39 is 0 Å². The quantitative estimate of drug-likeness (QED) is 0.908. The third kappa shape index (κ3) is 2.38. The van der Waals surface area contributed by atoms with Crippen LogP contribution in [-0.2, 0) is 0 Å². The molecule has 1 heterocycles. The van der Waals surface area contributed by atoms with E-state index in [0.29, 0.717) is 0 Å². The Labute approximate surface area is 120 Å². The fraction of sp³-hybridized carbons (Fsp3) is 0.471. The van der Waals surface area contributed by atoms with E-state index in [4.69, 9.17) is 10.5 Å². The summed E-state index contributed by atoms with van der Waals surface area (Å²) >= 11 is 0. The molecule has 2 atom stereocenters. The number of pyridine rings is 1. The van der Waals surface area contributed by atoms with Crippen LogP contribution in [-0.4, -0.2) is 17.1 Å². The molecule has 0 amide bonds. The number of aromatic nitrogens is 1. The molecule has 2 unspecified atom stereocenters. The topological polar surface area (TPSA) is 48.1 Å². The highest BCUT2D eigenvalue weighted by Crippen LogP contribution is 2.37. The van der Waals surface area contributed by atoms with Crippen LogP contribution in [0.3, 0.4) is 0 Å². The van der Waals surface area contributed by atoms with E-state index in [2.05, 4.69) is 24.9 Å². The van der Waals surface area contributed by atoms with Gasteiger partial charge < -0.3 is 10.5 Å². The molecule has 0 aliphatic heterocycles. The molecule has 3 nitrogen and oxygen atoms in total. The number of hydrogen-bond acceptors (Lipinski definition) is 3. The van der Waals surface area contributed by atoms with Crippen LogP contribution in [0.2, 0.25) is 0 Å². The fourth-order valence-corrected chi connectivity index (χ4v) is 3.08. The normalized spacial score (nSPS) is 25.6. The first-order valence-corrected chi connectivity index (χ1v) is 7.34. The summed E-state index contributed by atoms with van der Waals surface area (Å²) in [6.07, 6.45) is 5.27. The highest BCUT2D eigenvalue weighted by molar-refractivity contribution is 5.84. The smallest absolute Gasteiger partial charge is 0.129 e. The van der Waals surface area contributed by atoms with Crippen LogP contribution >= 0.6 is 0 Å². The third-order valence-electron chi connectivity index (χ3n) is 4.50. The van der Waals surface area contributed by atoms with Gasteiger partial charge in [0.15, 0.2) is 0 Å². The monoisotopic (exact) mass is 270 g/mol. The molecule has 106 valence electrons. The van der Waals surface area contributed by atoms with Crippen LogP contribution in [0.1, 0.15) is 33.1 Å². The Bertz CT molecular complexity index is 603. The molecule has 0 saturated heterocycles. The molecule has 2 N–H and O–H groups in total. The molecule has 20 heavy (non-hydrogen) atoms. The van der Waals surface area contributed by atoms with Crippen molar-refractivity contribution in [3.05, 3.63) is 36.5 Å².